The summed E-state index contributed by atoms with van der Waals surface area (Å²) in [5, 5.41) is 6.78. The number of hydrogen-bond donors (Lipinski definition) is 2. The SMILES string of the molecule is COc1cc(NS(=O)(=O)c2ccc(C=Cc3onc(C)c3NC(=O)C3CC3)s2)cc(OC)c1. The highest BCUT2D eigenvalue weighted by Crippen LogP contribution is 2.33. The van der Waals surface area contributed by atoms with Crippen LogP contribution in [0, 0.1) is 12.8 Å². The first-order valence-electron chi connectivity index (χ1n) is 10.1. The van der Waals surface area contributed by atoms with E-state index in [1.54, 1.807) is 43.3 Å². The number of carbonyl (C=O) groups excluding carboxylic acids is 1. The standard InChI is InChI=1S/C22H23N3O6S2/c1-13-21(23-22(26)14-4-5-14)19(31-24-13)8-6-18-7-9-20(32-18)33(27,28)25-15-10-16(29-2)12-17(11-15)30-3/h6-12,14,25H,4-5H2,1-3H3,(H,23,26). The molecule has 1 amide bonds. The summed E-state index contributed by atoms with van der Waals surface area (Å²) in [6.07, 6.45) is 5.16. The van der Waals surface area contributed by atoms with Crippen LogP contribution in [0.1, 0.15) is 29.2 Å². The number of sulfonamides is 1. The molecule has 0 radical (unpaired) electrons. The summed E-state index contributed by atoms with van der Waals surface area (Å²) in [6, 6.07) is 7.99. The van der Waals surface area contributed by atoms with E-state index in [2.05, 4.69) is 15.2 Å². The summed E-state index contributed by atoms with van der Waals surface area (Å²) in [4.78, 5) is 12.8. The molecule has 0 bridgehead atoms. The fourth-order valence-corrected chi connectivity index (χ4v) is 5.29. The van der Waals surface area contributed by atoms with Gasteiger partial charge in [0.15, 0.2) is 5.76 Å². The second kappa shape index (κ2) is 9.28. The fourth-order valence-electron chi connectivity index (χ4n) is 3.02. The van der Waals surface area contributed by atoms with Crippen molar-refractivity contribution in [3.63, 3.8) is 0 Å². The Morgan fingerprint density at radius 3 is 2.48 bits per heavy atom. The Hall–Kier alpha value is -3.31. The van der Waals surface area contributed by atoms with Crippen LogP contribution in [0.2, 0.25) is 0 Å². The predicted octanol–water partition coefficient (Wildman–Crippen LogP) is 4.38. The number of nitrogens with zero attached hydrogens (tertiary/aromatic N) is 1. The molecule has 11 heteroatoms. The van der Waals surface area contributed by atoms with Gasteiger partial charge in [0.25, 0.3) is 10.0 Å². The number of aryl methyl sites for hydroxylation is 1. The summed E-state index contributed by atoms with van der Waals surface area (Å²) < 4.78 is 44.1. The second-order valence-corrected chi connectivity index (χ2v) is 10.5. The molecule has 4 rings (SSSR count). The van der Waals surface area contributed by atoms with Gasteiger partial charge >= 0.3 is 0 Å². The summed E-state index contributed by atoms with van der Waals surface area (Å²) in [7, 11) is -0.838. The van der Waals surface area contributed by atoms with Crippen molar-refractivity contribution in [2.45, 2.75) is 24.0 Å². The number of methoxy groups -OCH3 is 2. The third kappa shape index (κ3) is 5.37. The number of ether oxygens (including phenoxy) is 2. The number of benzene rings is 1. The molecule has 2 aromatic heterocycles. The average molecular weight is 490 g/mol. The van der Waals surface area contributed by atoms with Crippen molar-refractivity contribution in [3.05, 3.63) is 46.7 Å². The van der Waals surface area contributed by atoms with Gasteiger partial charge < -0.3 is 19.3 Å². The third-order valence-corrected chi connectivity index (χ3v) is 7.88. The molecule has 1 saturated carbocycles. The number of anilines is 2. The largest absolute Gasteiger partial charge is 0.497 e. The maximum absolute atomic E-state index is 12.9. The summed E-state index contributed by atoms with van der Waals surface area (Å²) >= 11 is 1.09. The second-order valence-electron chi connectivity index (χ2n) is 7.47. The topological polar surface area (TPSA) is 120 Å². The summed E-state index contributed by atoms with van der Waals surface area (Å²) in [5.41, 5.74) is 1.43. The number of hydrogen-bond acceptors (Lipinski definition) is 8. The molecule has 0 saturated heterocycles. The zero-order valence-corrected chi connectivity index (χ0v) is 19.9. The van der Waals surface area contributed by atoms with Crippen LogP contribution < -0.4 is 19.5 Å². The maximum atomic E-state index is 12.9. The fraction of sp³-hybridized carbons (Fsp3) is 0.273. The van der Waals surface area contributed by atoms with E-state index in [4.69, 9.17) is 14.0 Å². The van der Waals surface area contributed by atoms with Gasteiger partial charge in [-0.2, -0.15) is 0 Å². The zero-order chi connectivity index (χ0) is 23.6. The molecule has 0 unspecified atom stereocenters. The van der Waals surface area contributed by atoms with Gasteiger partial charge in [-0.05, 0) is 44.1 Å². The molecule has 0 atom stereocenters. The normalized spacial score (nSPS) is 13.8. The average Bonchev–Trinajstić information content (AvgIpc) is 3.44. The Bertz CT molecular complexity index is 1280. The van der Waals surface area contributed by atoms with Gasteiger partial charge in [0.1, 0.15) is 27.1 Å². The quantitative estimate of drug-likeness (QED) is 0.458. The van der Waals surface area contributed by atoms with Gasteiger partial charge in [-0.25, -0.2) is 8.42 Å². The highest BCUT2D eigenvalue weighted by atomic mass is 32.2. The van der Waals surface area contributed by atoms with Gasteiger partial charge in [0.2, 0.25) is 5.91 Å². The summed E-state index contributed by atoms with van der Waals surface area (Å²) in [6.45, 7) is 1.75. The lowest BCUT2D eigenvalue weighted by Gasteiger charge is -2.10. The van der Waals surface area contributed by atoms with Crippen LogP contribution in [0.15, 0.2) is 39.1 Å². The molecule has 1 aliphatic carbocycles. The Labute approximate surface area is 195 Å². The van der Waals surface area contributed by atoms with Crippen molar-refractivity contribution in [1.29, 1.82) is 0 Å². The van der Waals surface area contributed by atoms with Gasteiger partial charge in [-0.3, -0.25) is 9.52 Å². The molecule has 9 nitrogen and oxygen atoms in total. The first kappa shape index (κ1) is 22.9. The van der Waals surface area contributed by atoms with E-state index in [0.717, 1.165) is 24.2 Å². The van der Waals surface area contributed by atoms with E-state index in [9.17, 15) is 13.2 Å². The lowest BCUT2D eigenvalue weighted by atomic mass is 10.2. The van der Waals surface area contributed by atoms with Gasteiger partial charge in [-0.15, -0.1) is 11.3 Å². The predicted molar refractivity (Wildman–Crippen MR) is 126 cm³/mol. The molecular formula is C22H23N3O6S2. The smallest absolute Gasteiger partial charge is 0.271 e. The highest BCUT2D eigenvalue weighted by Gasteiger charge is 2.30. The maximum Gasteiger partial charge on any atom is 0.271 e. The molecule has 0 spiro atoms. The van der Waals surface area contributed by atoms with Crippen molar-refractivity contribution < 1.29 is 27.2 Å². The van der Waals surface area contributed by atoms with Crippen LogP contribution in [-0.2, 0) is 14.8 Å². The van der Waals surface area contributed by atoms with E-state index in [1.807, 2.05) is 0 Å². The third-order valence-electron chi connectivity index (χ3n) is 4.96. The molecule has 1 aliphatic rings. The molecule has 2 N–H and O–H groups in total. The van der Waals surface area contributed by atoms with Crippen molar-refractivity contribution >= 4 is 50.8 Å². The number of carbonyl (C=O) groups is 1. The van der Waals surface area contributed by atoms with Crippen LogP contribution in [0.4, 0.5) is 11.4 Å². The number of thiophene rings is 1. The van der Waals surface area contributed by atoms with Gasteiger partial charge in [0.05, 0.1) is 19.9 Å². The number of aromatic nitrogens is 1. The molecule has 174 valence electrons. The molecule has 3 aromatic rings. The molecule has 0 aliphatic heterocycles. The number of amides is 1. The van der Waals surface area contributed by atoms with Crippen LogP contribution in [-0.4, -0.2) is 33.7 Å². The van der Waals surface area contributed by atoms with Gasteiger partial charge in [-0.1, -0.05) is 5.16 Å². The van der Waals surface area contributed by atoms with Crippen LogP contribution in [0.25, 0.3) is 12.2 Å². The van der Waals surface area contributed by atoms with E-state index < -0.39 is 10.0 Å². The monoisotopic (exact) mass is 489 g/mol. The van der Waals surface area contributed by atoms with Crippen molar-refractivity contribution in [2.75, 3.05) is 24.3 Å². The first-order valence-corrected chi connectivity index (χ1v) is 12.4. The molecule has 1 fully saturated rings. The number of rotatable bonds is 9. The van der Waals surface area contributed by atoms with Crippen molar-refractivity contribution in [2.24, 2.45) is 5.92 Å². The lowest BCUT2D eigenvalue weighted by Crippen LogP contribution is -2.14. The van der Waals surface area contributed by atoms with Crippen molar-refractivity contribution in [3.8, 4) is 11.5 Å². The van der Waals surface area contributed by atoms with Crippen LogP contribution in [0.5, 0.6) is 11.5 Å². The van der Waals surface area contributed by atoms with Crippen LogP contribution in [0.3, 0.4) is 0 Å². The van der Waals surface area contributed by atoms with Crippen molar-refractivity contribution in [1.82, 2.24) is 5.16 Å². The van der Waals surface area contributed by atoms with Gasteiger partial charge in [0, 0.05) is 29.0 Å². The summed E-state index contributed by atoms with van der Waals surface area (Å²) in [5.74, 6) is 1.35. The molecular weight excluding hydrogens is 466 g/mol. The Balaban J connectivity index is 1.50. The van der Waals surface area contributed by atoms with E-state index in [1.165, 1.54) is 20.3 Å². The van der Waals surface area contributed by atoms with E-state index in [0.29, 0.717) is 39.2 Å². The molecule has 1 aromatic carbocycles. The zero-order valence-electron chi connectivity index (χ0n) is 18.2. The lowest BCUT2D eigenvalue weighted by molar-refractivity contribution is -0.117. The molecule has 33 heavy (non-hydrogen) atoms. The minimum Gasteiger partial charge on any atom is -0.497 e. The molecule has 2 heterocycles. The minimum absolute atomic E-state index is 0.0410. The number of nitrogens with one attached hydrogen (secondary N) is 2. The Kier molecular flexibility index (Phi) is 6.43. The van der Waals surface area contributed by atoms with E-state index >= 15 is 0 Å². The Morgan fingerprint density at radius 2 is 1.85 bits per heavy atom. The van der Waals surface area contributed by atoms with E-state index in [-0.39, 0.29) is 16.0 Å². The van der Waals surface area contributed by atoms with Crippen LogP contribution >= 0.6 is 11.3 Å². The first-order chi connectivity index (χ1) is 15.8. The minimum atomic E-state index is -3.82. The highest BCUT2D eigenvalue weighted by molar-refractivity contribution is 7.94. The Morgan fingerprint density at radius 1 is 1.15 bits per heavy atom.